The van der Waals surface area contributed by atoms with Crippen LogP contribution in [0.2, 0.25) is 0 Å². The molecule has 3 aliphatic rings. The van der Waals surface area contributed by atoms with E-state index in [2.05, 4.69) is 20.9 Å². The van der Waals surface area contributed by atoms with Gasteiger partial charge in [0.1, 0.15) is 23.2 Å². The monoisotopic (exact) mass is 781 g/mol. The molecule has 1 aromatic heterocycles. The van der Waals surface area contributed by atoms with Crippen molar-refractivity contribution < 1.29 is 46.3 Å². The third-order valence-electron chi connectivity index (χ3n) is 10.4. The maximum atomic E-state index is 14.7. The van der Waals surface area contributed by atoms with E-state index in [0.29, 0.717) is 17.2 Å². The highest BCUT2D eigenvalue weighted by Gasteiger charge is 2.49. The molecule has 1 aromatic carbocycles. The number of hydrogen-bond acceptors (Lipinski definition) is 11. The molecule has 5 rings (SSSR count). The number of carbonyl (C=O) groups excluding carboxylic acids is 5. The van der Waals surface area contributed by atoms with Gasteiger partial charge in [-0.25, -0.2) is 13.1 Å². The summed E-state index contributed by atoms with van der Waals surface area (Å²) in [6, 6.07) is 0.906. The smallest absolute Gasteiger partial charge is 0.341 e. The first kappa shape index (κ1) is 40.2. The van der Waals surface area contributed by atoms with Crippen molar-refractivity contribution in [1.29, 1.82) is 0 Å². The average Bonchev–Trinajstić information content (AvgIpc) is 3.80. The summed E-state index contributed by atoms with van der Waals surface area (Å²) in [4.78, 5) is 68.5. The second kappa shape index (κ2) is 16.2. The fraction of sp³-hybridized carbons (Fsp3) is 0.618. The van der Waals surface area contributed by atoms with Crippen molar-refractivity contribution in [2.75, 3.05) is 18.1 Å². The number of halogens is 2. The number of ketones is 1. The summed E-state index contributed by atoms with van der Waals surface area (Å²) in [5.74, 6) is -6.84. The Morgan fingerprint density at radius 2 is 1.72 bits per heavy atom. The van der Waals surface area contributed by atoms with Gasteiger partial charge in [0.25, 0.3) is 11.8 Å². The van der Waals surface area contributed by atoms with Crippen molar-refractivity contribution in [3.05, 3.63) is 41.7 Å². The summed E-state index contributed by atoms with van der Waals surface area (Å²) >= 11 is 1.56. The largest absolute Gasteiger partial charge is 0.384 e. The molecule has 3 atom stereocenters. The lowest BCUT2D eigenvalue weighted by molar-refractivity contribution is -0.145. The number of likely N-dealkylation sites (tertiary alicyclic amines) is 1. The first-order valence-corrected chi connectivity index (χ1v) is 20.2. The first-order valence-electron chi connectivity index (χ1n) is 17.5. The zero-order valence-electron chi connectivity index (χ0n) is 29.5. The molecule has 5 N–H and O–H groups in total. The summed E-state index contributed by atoms with van der Waals surface area (Å²) < 4.78 is 51.5. The number of alkyl halides is 2. The van der Waals surface area contributed by atoms with Crippen LogP contribution in [0, 0.1) is 5.92 Å². The molecule has 2 saturated heterocycles. The van der Waals surface area contributed by atoms with Crippen molar-refractivity contribution in [2.45, 2.75) is 112 Å². The molecule has 19 heteroatoms. The van der Waals surface area contributed by atoms with Gasteiger partial charge in [-0.1, -0.05) is 37.3 Å². The minimum absolute atomic E-state index is 0.0101. The molecule has 53 heavy (non-hydrogen) atoms. The van der Waals surface area contributed by atoms with E-state index < -0.39 is 79.2 Å². The van der Waals surface area contributed by atoms with Gasteiger partial charge in [0.2, 0.25) is 27.4 Å². The number of nitrogens with zero attached hydrogens (tertiary/aromatic N) is 4. The topological polar surface area (TPSA) is 224 Å². The summed E-state index contributed by atoms with van der Waals surface area (Å²) in [6.45, 7) is 2.98. The zero-order valence-corrected chi connectivity index (χ0v) is 31.1. The van der Waals surface area contributed by atoms with E-state index in [1.807, 2.05) is 0 Å². The fourth-order valence-corrected chi connectivity index (χ4v) is 9.35. The molecule has 2 aliphatic heterocycles. The lowest BCUT2D eigenvalue weighted by Gasteiger charge is -2.37. The fourth-order valence-electron chi connectivity index (χ4n) is 7.44. The highest BCUT2D eigenvalue weighted by atomic mass is 32.2. The van der Waals surface area contributed by atoms with Crippen molar-refractivity contribution in [3.8, 4) is 0 Å². The molecule has 1 aliphatic carbocycles. The zero-order chi connectivity index (χ0) is 38.7. The van der Waals surface area contributed by atoms with Crippen molar-refractivity contribution in [2.24, 2.45) is 11.7 Å². The molecule has 0 spiro atoms. The molecule has 15 nitrogen and oxygen atoms in total. The van der Waals surface area contributed by atoms with Crippen molar-refractivity contribution >= 4 is 51.0 Å². The second-order valence-corrected chi connectivity index (χ2v) is 17.6. The van der Waals surface area contributed by atoms with Gasteiger partial charge >= 0.3 is 5.76 Å². The molecular formula is C34H45F2N7O8S2. The first-order chi connectivity index (χ1) is 24.9. The number of Topliss-reactive ketones (excluding diaryl/α,β-unsaturated/α-hetero) is 1. The molecule has 1 saturated carbocycles. The number of sulfone groups is 1. The Bertz CT molecular complexity index is 1800. The number of thioether (sulfide) groups is 1. The summed E-state index contributed by atoms with van der Waals surface area (Å²) in [7, 11) is -4.90. The number of amides is 4. The Morgan fingerprint density at radius 1 is 1.08 bits per heavy atom. The maximum absolute atomic E-state index is 14.7. The number of aliphatic hydroxyl groups is 1. The molecule has 2 unspecified atom stereocenters. The standard InChI is InChI=1S/C34H45F2N7O8S2/c1-33(2,49)26-18-38-41-43(26)22-17-25(30(47)40-34(27(44)28(37)45)12-14-52-15-13-34)42(19-22)31(48)24(16-20-6-4-3-5-7-20)39-29(46)21-8-10-23(11-9-21)53(50,51)32(35)36/h8-11,18,20,22,24-25,32,49H,3-7,12-17,19H2,1-2H3,(H2,37,45)(H,39,46)(H,40,47)/t22?,24-,25?/m1/s1. The molecule has 3 fully saturated rings. The highest BCUT2D eigenvalue weighted by molar-refractivity contribution is 7.99. The van der Waals surface area contributed by atoms with Gasteiger partial charge in [-0.15, -0.1) is 5.10 Å². The highest BCUT2D eigenvalue weighted by Crippen LogP contribution is 2.35. The SMILES string of the molecule is CC(C)(O)c1cnnn1C1CC(C(=O)NC2(C(=O)C(N)=O)CCSCC2)N(C(=O)[C@@H](CC2CCCCC2)NC(=O)c2ccc(S(=O)(=O)C(F)F)cc2)C1. The number of aromatic nitrogens is 3. The van der Waals surface area contributed by atoms with E-state index in [1.165, 1.54) is 29.6 Å². The number of hydrogen-bond donors (Lipinski definition) is 4. The minimum atomic E-state index is -4.90. The van der Waals surface area contributed by atoms with Gasteiger partial charge in [0, 0.05) is 18.5 Å². The molecule has 2 aromatic rings. The van der Waals surface area contributed by atoms with E-state index >= 15 is 0 Å². The van der Waals surface area contributed by atoms with Gasteiger partial charge in [-0.2, -0.15) is 20.5 Å². The molecular weight excluding hydrogens is 737 g/mol. The third-order valence-corrected chi connectivity index (χ3v) is 12.7. The van der Waals surface area contributed by atoms with Crippen molar-refractivity contribution in [3.63, 3.8) is 0 Å². The van der Waals surface area contributed by atoms with Gasteiger partial charge in [-0.3, -0.25) is 24.0 Å². The van der Waals surface area contributed by atoms with Crippen LogP contribution in [-0.4, -0.2) is 104 Å². The van der Waals surface area contributed by atoms with Crippen molar-refractivity contribution in [1.82, 2.24) is 30.5 Å². The van der Waals surface area contributed by atoms with Crippen LogP contribution in [0.1, 0.15) is 93.7 Å². The lowest BCUT2D eigenvalue weighted by atomic mass is 9.84. The van der Waals surface area contributed by atoms with Crippen LogP contribution in [-0.2, 0) is 34.6 Å². The van der Waals surface area contributed by atoms with Gasteiger partial charge in [0.15, 0.2) is 0 Å². The molecule has 3 heterocycles. The quantitative estimate of drug-likeness (QED) is 0.215. The van der Waals surface area contributed by atoms with E-state index in [4.69, 9.17) is 5.73 Å². The van der Waals surface area contributed by atoms with E-state index in [0.717, 1.165) is 56.4 Å². The summed E-state index contributed by atoms with van der Waals surface area (Å²) in [6.07, 6.45) is 6.37. The maximum Gasteiger partial charge on any atom is 0.341 e. The van der Waals surface area contributed by atoms with Gasteiger partial charge < -0.3 is 26.4 Å². The number of benzene rings is 1. The van der Waals surface area contributed by atoms with E-state index in [-0.39, 0.29) is 43.7 Å². The second-order valence-electron chi connectivity index (χ2n) is 14.5. The van der Waals surface area contributed by atoms with Crippen LogP contribution in [0.15, 0.2) is 35.4 Å². The molecule has 290 valence electrons. The van der Waals surface area contributed by atoms with Crippen LogP contribution in [0.3, 0.4) is 0 Å². The number of carbonyl (C=O) groups is 5. The minimum Gasteiger partial charge on any atom is -0.384 e. The number of nitrogens with one attached hydrogen (secondary N) is 2. The normalized spacial score (nSPS) is 21.6. The van der Waals surface area contributed by atoms with Crippen LogP contribution in [0.25, 0.3) is 0 Å². The Hall–Kier alpha value is -3.97. The predicted molar refractivity (Wildman–Crippen MR) is 188 cm³/mol. The third kappa shape index (κ3) is 8.88. The van der Waals surface area contributed by atoms with Crippen LogP contribution in [0.4, 0.5) is 8.78 Å². The van der Waals surface area contributed by atoms with Crippen LogP contribution in [0.5, 0.6) is 0 Å². The van der Waals surface area contributed by atoms with Crippen LogP contribution < -0.4 is 16.4 Å². The average molecular weight is 782 g/mol. The number of primary amides is 1. The predicted octanol–water partition coefficient (Wildman–Crippen LogP) is 1.85. The Kier molecular flexibility index (Phi) is 12.3. The number of rotatable bonds is 13. The van der Waals surface area contributed by atoms with Gasteiger partial charge in [-0.05, 0) is 74.8 Å². The van der Waals surface area contributed by atoms with Crippen LogP contribution >= 0.6 is 11.8 Å². The van der Waals surface area contributed by atoms with Gasteiger partial charge in [0.05, 0.1) is 22.8 Å². The Labute approximate surface area is 310 Å². The summed E-state index contributed by atoms with van der Waals surface area (Å²) in [5, 5.41) is 24.5. The van der Waals surface area contributed by atoms with E-state index in [9.17, 15) is 46.3 Å². The Balaban J connectivity index is 1.48. The molecule has 0 bridgehead atoms. The summed E-state index contributed by atoms with van der Waals surface area (Å²) in [5.41, 5.74) is 2.70. The Morgan fingerprint density at radius 3 is 2.30 bits per heavy atom. The van der Waals surface area contributed by atoms with E-state index in [1.54, 1.807) is 11.8 Å². The lowest BCUT2D eigenvalue weighted by Crippen LogP contribution is -2.63. The number of nitrogens with two attached hydrogens (primary N) is 1. The molecule has 4 amide bonds. The molecule has 0 radical (unpaired) electrons.